The molecule has 112 valence electrons. The first-order valence-electron chi connectivity index (χ1n) is 6.93. The van der Waals surface area contributed by atoms with Gasteiger partial charge in [-0.15, -0.1) is 0 Å². The zero-order valence-electron chi connectivity index (χ0n) is 10.5. The molecule has 0 spiro atoms. The van der Waals surface area contributed by atoms with Crippen molar-refractivity contribution in [3.05, 3.63) is 0 Å². The summed E-state index contributed by atoms with van der Waals surface area (Å²) < 4.78 is 31.2. The monoisotopic (exact) mass is 288 g/mol. The second kappa shape index (κ2) is 4.11. The molecule has 0 amide bonds. The van der Waals surface area contributed by atoms with Gasteiger partial charge in [-0.25, -0.2) is 0 Å². The van der Waals surface area contributed by atoms with E-state index >= 15 is 0 Å². The fourth-order valence-electron chi connectivity index (χ4n) is 3.27. The maximum atomic E-state index is 9.38. The molecule has 6 aliphatic rings. The third-order valence-electron chi connectivity index (χ3n) is 4.56. The predicted molar refractivity (Wildman–Crippen MR) is 58.6 cm³/mol. The van der Waals surface area contributed by atoms with E-state index < -0.39 is 12.2 Å². The molecule has 4 bridgehead atoms. The normalized spacial score (nSPS) is 63.9. The fraction of sp³-hybridized carbons (Fsp3) is 1.00. The summed E-state index contributed by atoms with van der Waals surface area (Å²) in [5.41, 5.74) is 0. The van der Waals surface area contributed by atoms with Crippen molar-refractivity contribution in [3.8, 4) is 0 Å². The highest BCUT2D eigenvalue weighted by Gasteiger charge is 2.61. The van der Waals surface area contributed by atoms with Gasteiger partial charge in [0.2, 0.25) is 0 Å². The molecule has 6 aliphatic heterocycles. The molecular formula is C12H16O8. The van der Waals surface area contributed by atoms with Gasteiger partial charge in [-0.05, 0) is 0 Å². The molecular weight excluding hydrogens is 272 g/mol. The summed E-state index contributed by atoms with van der Waals surface area (Å²) in [6.45, 7) is 1.03. The summed E-state index contributed by atoms with van der Waals surface area (Å²) >= 11 is 0. The highest BCUT2D eigenvalue weighted by molar-refractivity contribution is 5.04. The number of fused-ring (bicyclic) bond motifs is 8. The summed E-state index contributed by atoms with van der Waals surface area (Å²) in [5.74, 6) is 0. The number of epoxide rings is 2. The van der Waals surface area contributed by atoms with Crippen molar-refractivity contribution in [1.29, 1.82) is 0 Å². The Morgan fingerprint density at radius 1 is 0.600 bits per heavy atom. The van der Waals surface area contributed by atoms with Crippen LogP contribution in [-0.2, 0) is 28.4 Å². The molecule has 6 rings (SSSR count). The first-order chi connectivity index (χ1) is 9.72. The number of aliphatic hydroxyl groups excluding tert-OH is 2. The van der Waals surface area contributed by atoms with Gasteiger partial charge >= 0.3 is 0 Å². The van der Waals surface area contributed by atoms with Crippen molar-refractivity contribution in [2.45, 2.75) is 61.4 Å². The standard InChI is InChI=1S/2C6H8O4/c2*7-3-2-1-8-6(9-2)5-4(3)10-5/h2*2-7H,1H2/t2*2-,3+,4-,5-,6-/m11/s1. The summed E-state index contributed by atoms with van der Waals surface area (Å²) in [5, 5.41) is 18.8. The third-order valence-corrected chi connectivity index (χ3v) is 4.56. The van der Waals surface area contributed by atoms with Crippen LogP contribution in [0, 0.1) is 0 Å². The molecule has 6 fully saturated rings. The van der Waals surface area contributed by atoms with E-state index in [1.165, 1.54) is 0 Å². The first-order valence-corrected chi connectivity index (χ1v) is 6.93. The van der Waals surface area contributed by atoms with Gasteiger partial charge in [0.25, 0.3) is 0 Å². The maximum absolute atomic E-state index is 9.38. The molecule has 0 aliphatic carbocycles. The van der Waals surface area contributed by atoms with Gasteiger partial charge in [0.15, 0.2) is 12.6 Å². The van der Waals surface area contributed by atoms with Gasteiger partial charge in [0.05, 0.1) is 13.2 Å². The highest BCUT2D eigenvalue weighted by Crippen LogP contribution is 2.42. The largest absolute Gasteiger partial charge is 0.387 e. The van der Waals surface area contributed by atoms with Gasteiger partial charge in [0.1, 0.15) is 48.8 Å². The zero-order valence-corrected chi connectivity index (χ0v) is 10.5. The lowest BCUT2D eigenvalue weighted by molar-refractivity contribution is -0.103. The number of hydrogen-bond donors (Lipinski definition) is 2. The molecule has 0 saturated carbocycles. The van der Waals surface area contributed by atoms with Gasteiger partial charge in [0, 0.05) is 0 Å². The van der Waals surface area contributed by atoms with Gasteiger partial charge < -0.3 is 38.6 Å². The average Bonchev–Trinajstić information content (AvgIpc) is 3.34. The lowest BCUT2D eigenvalue weighted by Gasteiger charge is -2.18. The fourth-order valence-corrected chi connectivity index (χ4v) is 3.27. The summed E-state index contributed by atoms with van der Waals surface area (Å²) in [6.07, 6.45) is -1.62. The van der Waals surface area contributed by atoms with E-state index in [0.717, 1.165) is 0 Å². The number of aliphatic hydroxyl groups is 2. The second-order valence-corrected chi connectivity index (χ2v) is 5.86. The van der Waals surface area contributed by atoms with Crippen LogP contribution in [0.4, 0.5) is 0 Å². The van der Waals surface area contributed by atoms with Crippen LogP contribution >= 0.6 is 0 Å². The van der Waals surface area contributed by atoms with E-state index in [2.05, 4.69) is 0 Å². The SMILES string of the molecule is O[C@@H]1[C@H]2O[C@H]2[C@@H]2OC[C@H]1O2.O[C@@H]1[C@H]2O[C@H]2[C@@H]2OC[C@H]1O2. The Bertz CT molecular complexity index is 376. The van der Waals surface area contributed by atoms with E-state index in [-0.39, 0.29) is 49.2 Å². The summed E-state index contributed by atoms with van der Waals surface area (Å²) in [4.78, 5) is 0. The Kier molecular flexibility index (Phi) is 2.52. The van der Waals surface area contributed by atoms with Crippen LogP contribution in [0.3, 0.4) is 0 Å². The lowest BCUT2D eigenvalue weighted by atomic mass is 10.1. The molecule has 10 atom stereocenters. The van der Waals surface area contributed by atoms with Crippen LogP contribution in [0.15, 0.2) is 0 Å². The van der Waals surface area contributed by atoms with E-state index in [4.69, 9.17) is 28.4 Å². The Hall–Kier alpha value is -0.320. The third kappa shape index (κ3) is 1.71. The van der Waals surface area contributed by atoms with E-state index in [0.29, 0.717) is 13.2 Å². The Morgan fingerprint density at radius 2 is 1.05 bits per heavy atom. The Morgan fingerprint density at radius 3 is 1.50 bits per heavy atom. The molecule has 0 aromatic rings. The van der Waals surface area contributed by atoms with Crippen LogP contribution in [-0.4, -0.2) is 84.8 Å². The quantitative estimate of drug-likeness (QED) is 0.482. The molecule has 20 heavy (non-hydrogen) atoms. The second-order valence-electron chi connectivity index (χ2n) is 5.86. The molecule has 6 heterocycles. The summed E-state index contributed by atoms with van der Waals surface area (Å²) in [6, 6.07) is 0. The number of hydrogen-bond acceptors (Lipinski definition) is 8. The van der Waals surface area contributed by atoms with Crippen molar-refractivity contribution in [3.63, 3.8) is 0 Å². The van der Waals surface area contributed by atoms with E-state index in [1.807, 2.05) is 0 Å². The lowest BCUT2D eigenvalue weighted by Crippen LogP contribution is -2.39. The van der Waals surface area contributed by atoms with Crippen LogP contribution in [0.2, 0.25) is 0 Å². The van der Waals surface area contributed by atoms with Crippen molar-refractivity contribution in [2.24, 2.45) is 0 Å². The van der Waals surface area contributed by atoms with Crippen LogP contribution in [0.25, 0.3) is 0 Å². The molecule has 0 aromatic heterocycles. The smallest absolute Gasteiger partial charge is 0.187 e. The van der Waals surface area contributed by atoms with Crippen molar-refractivity contribution in [1.82, 2.24) is 0 Å². The minimum absolute atomic E-state index is 0.00810. The molecule has 0 unspecified atom stereocenters. The minimum Gasteiger partial charge on any atom is -0.387 e. The Labute approximate surface area is 114 Å². The van der Waals surface area contributed by atoms with Gasteiger partial charge in [-0.3, -0.25) is 0 Å². The topological polar surface area (TPSA) is 102 Å². The van der Waals surface area contributed by atoms with Crippen molar-refractivity contribution in [2.75, 3.05) is 13.2 Å². The average molecular weight is 288 g/mol. The molecule has 8 nitrogen and oxygen atoms in total. The number of ether oxygens (including phenoxy) is 6. The van der Waals surface area contributed by atoms with Crippen molar-refractivity contribution >= 4 is 0 Å². The van der Waals surface area contributed by atoms with Gasteiger partial charge in [-0.2, -0.15) is 0 Å². The summed E-state index contributed by atoms with van der Waals surface area (Å²) in [7, 11) is 0. The molecule has 8 heteroatoms. The van der Waals surface area contributed by atoms with Crippen molar-refractivity contribution < 1.29 is 38.6 Å². The Balaban J connectivity index is 0.0000000960. The molecule has 0 aromatic carbocycles. The van der Waals surface area contributed by atoms with Crippen LogP contribution in [0.1, 0.15) is 0 Å². The predicted octanol–water partition coefficient (Wildman–Crippen LogP) is -2.26. The minimum atomic E-state index is -0.469. The molecule has 6 saturated heterocycles. The molecule has 0 radical (unpaired) electrons. The highest BCUT2D eigenvalue weighted by atomic mass is 16.8. The van der Waals surface area contributed by atoms with Crippen LogP contribution < -0.4 is 0 Å². The number of rotatable bonds is 0. The zero-order chi connectivity index (χ0) is 13.4. The van der Waals surface area contributed by atoms with Gasteiger partial charge in [-0.1, -0.05) is 0 Å². The van der Waals surface area contributed by atoms with Crippen LogP contribution in [0.5, 0.6) is 0 Å². The van der Waals surface area contributed by atoms with E-state index in [1.54, 1.807) is 0 Å². The first kappa shape index (κ1) is 12.2. The van der Waals surface area contributed by atoms with E-state index in [9.17, 15) is 10.2 Å². The maximum Gasteiger partial charge on any atom is 0.187 e. The molecule has 2 N–H and O–H groups in total.